The second-order valence-electron chi connectivity index (χ2n) is 7.95. The normalized spacial score (nSPS) is 15.1. The maximum absolute atomic E-state index is 12.2. The number of aryl methyl sites for hydroxylation is 2. The van der Waals surface area contributed by atoms with Crippen molar-refractivity contribution in [2.45, 2.75) is 52.5 Å². The molecule has 0 spiro atoms. The molecule has 1 aliphatic rings. The lowest BCUT2D eigenvalue weighted by molar-refractivity contribution is -0.125. The molecule has 1 saturated carbocycles. The third-order valence-electron chi connectivity index (χ3n) is 5.59. The summed E-state index contributed by atoms with van der Waals surface area (Å²) < 4.78 is 1.98. The van der Waals surface area contributed by atoms with E-state index in [1.165, 1.54) is 19.3 Å². The van der Waals surface area contributed by atoms with Crippen molar-refractivity contribution in [3.05, 3.63) is 47.3 Å². The van der Waals surface area contributed by atoms with Gasteiger partial charge in [-0.1, -0.05) is 37.5 Å². The molecule has 1 aromatic carbocycles. The Morgan fingerprint density at radius 1 is 1.10 bits per heavy atom. The maximum atomic E-state index is 12.2. The summed E-state index contributed by atoms with van der Waals surface area (Å²) in [6.45, 7) is 5.92. The van der Waals surface area contributed by atoms with Crippen LogP contribution in [-0.2, 0) is 11.3 Å². The van der Waals surface area contributed by atoms with Gasteiger partial charge in [0.1, 0.15) is 0 Å². The van der Waals surface area contributed by atoms with Crippen molar-refractivity contribution in [2.75, 3.05) is 20.1 Å². The molecule has 7 nitrogen and oxygen atoms in total. The number of guanidine groups is 1. The summed E-state index contributed by atoms with van der Waals surface area (Å²) in [7, 11) is 1.75. The Labute approximate surface area is 179 Å². The van der Waals surface area contributed by atoms with Crippen LogP contribution in [0.5, 0.6) is 0 Å². The van der Waals surface area contributed by atoms with Gasteiger partial charge in [0.05, 0.1) is 11.4 Å². The maximum Gasteiger partial charge on any atom is 0.223 e. The van der Waals surface area contributed by atoms with Crippen molar-refractivity contribution in [1.82, 2.24) is 25.7 Å². The number of nitrogens with zero attached hydrogens (tertiary/aromatic N) is 3. The van der Waals surface area contributed by atoms with Crippen LogP contribution in [0.25, 0.3) is 5.69 Å². The molecule has 1 fully saturated rings. The third kappa shape index (κ3) is 5.84. The molecule has 7 heteroatoms. The Bertz CT molecular complexity index is 866. The van der Waals surface area contributed by atoms with E-state index in [1.54, 1.807) is 7.05 Å². The SMILES string of the molecule is CN=C(NCCNC(=O)C1CCCCC1)NCc1ccccc1-n1nc(C)cc1C. The largest absolute Gasteiger partial charge is 0.355 e. The molecule has 3 rings (SSSR count). The van der Waals surface area contributed by atoms with Crippen LogP contribution < -0.4 is 16.0 Å². The van der Waals surface area contributed by atoms with Gasteiger partial charge < -0.3 is 16.0 Å². The van der Waals surface area contributed by atoms with E-state index in [1.807, 2.05) is 23.7 Å². The summed E-state index contributed by atoms with van der Waals surface area (Å²) >= 11 is 0. The second-order valence-corrected chi connectivity index (χ2v) is 7.95. The van der Waals surface area contributed by atoms with Gasteiger partial charge in [0.15, 0.2) is 5.96 Å². The number of aromatic nitrogens is 2. The number of para-hydroxylation sites is 1. The van der Waals surface area contributed by atoms with E-state index in [0.29, 0.717) is 25.6 Å². The first-order chi connectivity index (χ1) is 14.6. The molecule has 0 radical (unpaired) electrons. The van der Waals surface area contributed by atoms with Gasteiger partial charge in [-0.2, -0.15) is 5.10 Å². The van der Waals surface area contributed by atoms with Gasteiger partial charge in [-0.05, 0) is 44.4 Å². The second kappa shape index (κ2) is 10.8. The van der Waals surface area contributed by atoms with Crippen molar-refractivity contribution in [2.24, 2.45) is 10.9 Å². The van der Waals surface area contributed by atoms with Crippen LogP contribution in [0.4, 0.5) is 0 Å². The molecule has 1 aromatic heterocycles. The van der Waals surface area contributed by atoms with Crippen molar-refractivity contribution >= 4 is 11.9 Å². The van der Waals surface area contributed by atoms with Crippen molar-refractivity contribution in [3.8, 4) is 5.69 Å². The van der Waals surface area contributed by atoms with Crippen molar-refractivity contribution in [3.63, 3.8) is 0 Å². The summed E-state index contributed by atoms with van der Waals surface area (Å²) in [5.74, 6) is 1.10. The Hall–Kier alpha value is -2.83. The molecule has 0 bridgehead atoms. The van der Waals surface area contributed by atoms with E-state index in [9.17, 15) is 4.79 Å². The highest BCUT2D eigenvalue weighted by Crippen LogP contribution is 2.23. The zero-order valence-electron chi connectivity index (χ0n) is 18.4. The fourth-order valence-electron chi connectivity index (χ4n) is 4.01. The highest BCUT2D eigenvalue weighted by Gasteiger charge is 2.20. The van der Waals surface area contributed by atoms with E-state index in [2.05, 4.69) is 51.2 Å². The van der Waals surface area contributed by atoms with E-state index >= 15 is 0 Å². The summed E-state index contributed by atoms with van der Waals surface area (Å²) in [5, 5.41) is 14.3. The molecule has 3 N–H and O–H groups in total. The minimum Gasteiger partial charge on any atom is -0.355 e. The Morgan fingerprint density at radius 2 is 1.83 bits per heavy atom. The molecule has 0 saturated heterocycles. The lowest BCUT2D eigenvalue weighted by Gasteiger charge is -2.21. The molecule has 162 valence electrons. The van der Waals surface area contributed by atoms with Gasteiger partial charge in [-0.25, -0.2) is 4.68 Å². The molecular formula is C23H34N6O. The predicted molar refractivity (Wildman–Crippen MR) is 121 cm³/mol. The molecule has 1 heterocycles. The van der Waals surface area contributed by atoms with Crippen LogP contribution in [0.2, 0.25) is 0 Å². The molecule has 1 aliphatic carbocycles. The van der Waals surface area contributed by atoms with Gasteiger partial charge in [0, 0.05) is 38.3 Å². The molecular weight excluding hydrogens is 376 g/mol. The number of benzene rings is 1. The molecule has 0 atom stereocenters. The topological polar surface area (TPSA) is 83.3 Å². The minimum atomic E-state index is 0.193. The monoisotopic (exact) mass is 410 g/mol. The summed E-state index contributed by atoms with van der Waals surface area (Å²) in [5.41, 5.74) is 4.31. The quantitative estimate of drug-likeness (QED) is 0.372. The molecule has 0 unspecified atom stereocenters. The highest BCUT2D eigenvalue weighted by atomic mass is 16.1. The van der Waals surface area contributed by atoms with Crippen LogP contribution in [0.15, 0.2) is 35.3 Å². The van der Waals surface area contributed by atoms with Crippen LogP contribution in [0.3, 0.4) is 0 Å². The zero-order chi connectivity index (χ0) is 21.3. The zero-order valence-corrected chi connectivity index (χ0v) is 18.4. The number of carbonyl (C=O) groups is 1. The highest BCUT2D eigenvalue weighted by molar-refractivity contribution is 5.80. The first kappa shape index (κ1) is 21.9. The Kier molecular flexibility index (Phi) is 7.88. The number of aliphatic imine (C=N–C) groups is 1. The smallest absolute Gasteiger partial charge is 0.223 e. The standard InChI is InChI=1S/C23H34N6O/c1-17-15-18(2)29(28-17)21-12-8-7-11-20(21)16-27-23(24-3)26-14-13-25-22(30)19-9-5-4-6-10-19/h7-8,11-12,15,19H,4-6,9-10,13-14,16H2,1-3H3,(H,25,30)(H2,24,26,27). The summed E-state index contributed by atoms with van der Waals surface area (Å²) in [6, 6.07) is 10.3. The number of rotatable bonds is 7. The van der Waals surface area contributed by atoms with Gasteiger partial charge in [-0.15, -0.1) is 0 Å². The van der Waals surface area contributed by atoms with Crippen LogP contribution in [0, 0.1) is 19.8 Å². The minimum absolute atomic E-state index is 0.193. The van der Waals surface area contributed by atoms with Gasteiger partial charge >= 0.3 is 0 Å². The number of carbonyl (C=O) groups excluding carboxylic acids is 1. The molecule has 1 amide bonds. The summed E-state index contributed by atoms with van der Waals surface area (Å²) in [6.07, 6.45) is 5.66. The first-order valence-electron chi connectivity index (χ1n) is 10.9. The lowest BCUT2D eigenvalue weighted by atomic mass is 9.89. The number of hydrogen-bond donors (Lipinski definition) is 3. The van der Waals surface area contributed by atoms with Gasteiger partial charge in [0.25, 0.3) is 0 Å². The Balaban J connectivity index is 1.48. The summed E-state index contributed by atoms with van der Waals surface area (Å²) in [4.78, 5) is 16.5. The number of hydrogen-bond acceptors (Lipinski definition) is 3. The molecule has 2 aromatic rings. The third-order valence-corrected chi connectivity index (χ3v) is 5.59. The van der Waals surface area contributed by atoms with Crippen LogP contribution in [0.1, 0.15) is 49.1 Å². The van der Waals surface area contributed by atoms with Gasteiger partial charge in [0.2, 0.25) is 5.91 Å². The number of amides is 1. The van der Waals surface area contributed by atoms with E-state index in [-0.39, 0.29) is 11.8 Å². The fraction of sp³-hybridized carbons (Fsp3) is 0.522. The molecule has 30 heavy (non-hydrogen) atoms. The lowest BCUT2D eigenvalue weighted by Crippen LogP contribution is -2.42. The fourth-order valence-corrected chi connectivity index (χ4v) is 4.01. The van der Waals surface area contributed by atoms with Gasteiger partial charge in [-0.3, -0.25) is 9.79 Å². The van der Waals surface area contributed by atoms with Crippen LogP contribution >= 0.6 is 0 Å². The Morgan fingerprint density at radius 3 is 2.53 bits per heavy atom. The van der Waals surface area contributed by atoms with Crippen molar-refractivity contribution < 1.29 is 4.79 Å². The van der Waals surface area contributed by atoms with E-state index in [0.717, 1.165) is 35.5 Å². The number of nitrogens with one attached hydrogen (secondary N) is 3. The van der Waals surface area contributed by atoms with Crippen LogP contribution in [-0.4, -0.2) is 41.8 Å². The van der Waals surface area contributed by atoms with E-state index < -0.39 is 0 Å². The van der Waals surface area contributed by atoms with Crippen molar-refractivity contribution in [1.29, 1.82) is 0 Å². The molecule has 0 aliphatic heterocycles. The first-order valence-corrected chi connectivity index (χ1v) is 10.9. The van der Waals surface area contributed by atoms with E-state index in [4.69, 9.17) is 0 Å². The predicted octanol–water partition coefficient (Wildman–Crippen LogP) is 2.85. The average Bonchev–Trinajstić information content (AvgIpc) is 3.11. The average molecular weight is 411 g/mol.